The Balaban J connectivity index is -0.000000180. The van der Waals surface area contributed by atoms with Gasteiger partial charge in [0.2, 0.25) is 0 Å². The van der Waals surface area contributed by atoms with Crippen molar-refractivity contribution in [3.05, 3.63) is 0 Å². The standard InChI is InChI=1S/2C4H13N3.Cd/c2*5-1-3-7-4-2-6;/h2*7H,1-6H2;/q;;+2. The molecule has 0 radical (unpaired) electrons. The Morgan fingerprint density at radius 2 is 0.733 bits per heavy atom. The maximum absolute atomic E-state index is 5.17. The van der Waals surface area contributed by atoms with E-state index in [1.54, 1.807) is 0 Å². The van der Waals surface area contributed by atoms with E-state index in [0.717, 1.165) is 26.2 Å². The van der Waals surface area contributed by atoms with Crippen LogP contribution in [0, 0.1) is 0 Å². The summed E-state index contributed by atoms with van der Waals surface area (Å²) in [6.07, 6.45) is 0. The molecule has 0 aliphatic rings. The minimum absolute atomic E-state index is 0. The molecule has 10 N–H and O–H groups in total. The molecular formula is C8H26CdN6+2. The summed E-state index contributed by atoms with van der Waals surface area (Å²) in [4.78, 5) is 0. The third-order valence-corrected chi connectivity index (χ3v) is 1.28. The quantitative estimate of drug-likeness (QED) is 0.209. The van der Waals surface area contributed by atoms with Gasteiger partial charge in [0.1, 0.15) is 0 Å². The molecule has 0 amide bonds. The van der Waals surface area contributed by atoms with Crippen LogP contribution >= 0.6 is 0 Å². The van der Waals surface area contributed by atoms with Gasteiger partial charge in [0.25, 0.3) is 0 Å². The van der Waals surface area contributed by atoms with Crippen LogP contribution in [0.2, 0.25) is 0 Å². The second-order valence-corrected chi connectivity index (χ2v) is 2.65. The van der Waals surface area contributed by atoms with Crippen LogP contribution < -0.4 is 33.6 Å². The first-order chi connectivity index (χ1) is 6.83. The van der Waals surface area contributed by atoms with E-state index in [1.807, 2.05) is 0 Å². The summed E-state index contributed by atoms with van der Waals surface area (Å²) < 4.78 is 0. The molecule has 6 nitrogen and oxygen atoms in total. The van der Waals surface area contributed by atoms with E-state index in [4.69, 9.17) is 22.9 Å². The third kappa shape index (κ3) is 31.3. The molecule has 0 fully saturated rings. The minimum atomic E-state index is 0. The van der Waals surface area contributed by atoms with Gasteiger partial charge in [-0.25, -0.2) is 0 Å². The van der Waals surface area contributed by atoms with Crippen molar-refractivity contribution in [1.82, 2.24) is 10.6 Å². The van der Waals surface area contributed by atoms with Crippen LogP contribution in [-0.4, -0.2) is 52.4 Å². The Hall–Kier alpha value is 0.682. The van der Waals surface area contributed by atoms with Gasteiger partial charge in [-0.15, -0.1) is 0 Å². The van der Waals surface area contributed by atoms with Gasteiger partial charge in [0.05, 0.1) is 0 Å². The second-order valence-electron chi connectivity index (χ2n) is 2.65. The Morgan fingerprint density at radius 3 is 0.867 bits per heavy atom. The molecule has 0 atom stereocenters. The fourth-order valence-electron chi connectivity index (χ4n) is 0.658. The van der Waals surface area contributed by atoms with Crippen molar-refractivity contribution in [3.63, 3.8) is 0 Å². The molecule has 0 saturated heterocycles. The topological polar surface area (TPSA) is 128 Å². The Bertz CT molecular complexity index is 67.5. The predicted octanol–water partition coefficient (Wildman–Crippen LogP) is -3.02. The zero-order valence-corrected chi connectivity index (χ0v) is 13.7. The van der Waals surface area contributed by atoms with E-state index >= 15 is 0 Å². The fraction of sp³-hybridized carbons (Fsp3) is 1.00. The van der Waals surface area contributed by atoms with E-state index in [0.29, 0.717) is 26.2 Å². The monoisotopic (exact) mass is 320 g/mol. The molecule has 0 aliphatic heterocycles. The average Bonchev–Trinajstić information content (AvgIpc) is 2.21. The van der Waals surface area contributed by atoms with Gasteiger partial charge in [-0.2, -0.15) is 0 Å². The zero-order chi connectivity index (χ0) is 11.1. The summed E-state index contributed by atoms with van der Waals surface area (Å²) in [6.45, 7) is 6.27. The molecule has 0 bridgehead atoms. The predicted molar refractivity (Wildman–Crippen MR) is 62.0 cm³/mol. The van der Waals surface area contributed by atoms with Crippen LogP contribution in [0.25, 0.3) is 0 Å². The Labute approximate surface area is 113 Å². The first-order valence-electron chi connectivity index (χ1n) is 5.05. The molecule has 88 valence electrons. The van der Waals surface area contributed by atoms with Crippen molar-refractivity contribution >= 4 is 0 Å². The largest absolute Gasteiger partial charge is 2.00 e. The molecule has 0 aromatic rings. The van der Waals surface area contributed by atoms with Gasteiger partial charge in [-0.3, -0.25) is 0 Å². The number of nitrogens with two attached hydrogens (primary N) is 4. The molecule has 0 saturated carbocycles. The first kappa shape index (κ1) is 21.0. The number of hydrogen-bond donors (Lipinski definition) is 6. The van der Waals surface area contributed by atoms with Crippen molar-refractivity contribution in [3.8, 4) is 0 Å². The molecule has 0 unspecified atom stereocenters. The maximum atomic E-state index is 5.17. The van der Waals surface area contributed by atoms with E-state index in [1.165, 1.54) is 0 Å². The van der Waals surface area contributed by atoms with E-state index in [9.17, 15) is 0 Å². The smallest absolute Gasteiger partial charge is 0.329 e. The summed E-state index contributed by atoms with van der Waals surface area (Å²) in [5.41, 5.74) is 20.7. The molecule has 15 heavy (non-hydrogen) atoms. The summed E-state index contributed by atoms with van der Waals surface area (Å²) >= 11 is 0. The second kappa shape index (κ2) is 24.1. The Morgan fingerprint density at radius 1 is 0.533 bits per heavy atom. The van der Waals surface area contributed by atoms with Crippen LogP contribution in [0.4, 0.5) is 0 Å². The van der Waals surface area contributed by atoms with Crippen LogP contribution in [0.3, 0.4) is 0 Å². The van der Waals surface area contributed by atoms with Crippen molar-refractivity contribution in [2.75, 3.05) is 52.4 Å². The van der Waals surface area contributed by atoms with Crippen LogP contribution in [-0.2, 0) is 27.3 Å². The minimum Gasteiger partial charge on any atom is -0.329 e. The third-order valence-electron chi connectivity index (χ3n) is 1.28. The van der Waals surface area contributed by atoms with Crippen molar-refractivity contribution in [2.45, 2.75) is 0 Å². The van der Waals surface area contributed by atoms with Crippen molar-refractivity contribution in [2.24, 2.45) is 22.9 Å². The molecule has 0 rings (SSSR count). The maximum Gasteiger partial charge on any atom is 2.00 e. The number of hydrogen-bond acceptors (Lipinski definition) is 6. The van der Waals surface area contributed by atoms with Gasteiger partial charge >= 0.3 is 27.3 Å². The zero-order valence-electron chi connectivity index (χ0n) is 9.67. The van der Waals surface area contributed by atoms with Crippen molar-refractivity contribution in [1.29, 1.82) is 0 Å². The SMILES string of the molecule is NCCNCCN.NCCNCCN.[Cd+2]. The van der Waals surface area contributed by atoms with E-state index < -0.39 is 0 Å². The summed E-state index contributed by atoms with van der Waals surface area (Å²) in [6, 6.07) is 0. The molecule has 0 aliphatic carbocycles. The van der Waals surface area contributed by atoms with Gasteiger partial charge in [-0.05, 0) is 0 Å². The number of nitrogens with one attached hydrogen (secondary N) is 2. The van der Waals surface area contributed by atoms with Gasteiger partial charge in [0, 0.05) is 52.4 Å². The van der Waals surface area contributed by atoms with E-state index in [2.05, 4.69) is 10.6 Å². The summed E-state index contributed by atoms with van der Waals surface area (Å²) in [5, 5.41) is 6.07. The van der Waals surface area contributed by atoms with Crippen LogP contribution in [0.5, 0.6) is 0 Å². The Kier molecular flexibility index (Phi) is 33.8. The van der Waals surface area contributed by atoms with Crippen LogP contribution in [0.1, 0.15) is 0 Å². The first-order valence-corrected chi connectivity index (χ1v) is 5.05. The molecule has 0 aromatic carbocycles. The molecule has 7 heteroatoms. The number of rotatable bonds is 8. The normalized spacial score (nSPS) is 8.80. The summed E-state index contributed by atoms with van der Waals surface area (Å²) in [7, 11) is 0. The fourth-order valence-corrected chi connectivity index (χ4v) is 0.658. The molecular weight excluding hydrogens is 293 g/mol. The summed E-state index contributed by atoms with van der Waals surface area (Å²) in [5.74, 6) is 0. The van der Waals surface area contributed by atoms with Crippen molar-refractivity contribution < 1.29 is 27.3 Å². The molecule has 0 heterocycles. The molecule has 0 spiro atoms. The van der Waals surface area contributed by atoms with Gasteiger partial charge < -0.3 is 33.6 Å². The van der Waals surface area contributed by atoms with Gasteiger partial charge in [0.15, 0.2) is 0 Å². The van der Waals surface area contributed by atoms with E-state index in [-0.39, 0.29) is 27.3 Å². The van der Waals surface area contributed by atoms with Gasteiger partial charge in [-0.1, -0.05) is 0 Å². The average molecular weight is 319 g/mol. The van der Waals surface area contributed by atoms with Crippen LogP contribution in [0.15, 0.2) is 0 Å². The molecule has 0 aromatic heterocycles.